The number of methoxy groups -OCH3 is 1. The molecule has 1 spiro atoms. The first kappa shape index (κ1) is 25.1. The number of carboxylic acid groups (broad SMARTS) is 1. The zero-order valence-corrected chi connectivity index (χ0v) is 19.7. The number of carboxylic acids is 1. The summed E-state index contributed by atoms with van der Waals surface area (Å²) in [6.07, 6.45) is 16.0. The molecule has 33 heavy (non-hydrogen) atoms. The van der Waals surface area contributed by atoms with Crippen LogP contribution in [0, 0.1) is 5.92 Å². The Bertz CT molecular complexity index is 873. The lowest BCUT2D eigenvalue weighted by Crippen LogP contribution is -2.55. The van der Waals surface area contributed by atoms with Crippen molar-refractivity contribution in [2.75, 3.05) is 13.7 Å². The van der Waals surface area contributed by atoms with E-state index < -0.39 is 11.9 Å². The molecule has 1 saturated carbocycles. The number of epoxide rings is 2. The van der Waals surface area contributed by atoms with Crippen LogP contribution in [-0.2, 0) is 28.5 Å². The van der Waals surface area contributed by atoms with Crippen molar-refractivity contribution in [3.8, 4) is 0 Å². The van der Waals surface area contributed by atoms with Crippen molar-refractivity contribution in [2.24, 2.45) is 5.92 Å². The van der Waals surface area contributed by atoms with Crippen LogP contribution in [0.25, 0.3) is 0 Å². The van der Waals surface area contributed by atoms with Gasteiger partial charge in [0.1, 0.15) is 23.4 Å². The van der Waals surface area contributed by atoms with Gasteiger partial charge in [0.15, 0.2) is 0 Å². The third-order valence-corrected chi connectivity index (χ3v) is 6.53. The maximum Gasteiger partial charge on any atom is 0.331 e. The van der Waals surface area contributed by atoms with Crippen molar-refractivity contribution in [1.82, 2.24) is 0 Å². The SMILES string of the molecule is CO[C@H]1[C@@H]([C@]2(C)O[C@H]2CC=C(C)C)[C@]2(CC[C@H]1OC(=O)/C=C/C=C/C=C/C=C/C(=O)O)CO2. The zero-order chi connectivity index (χ0) is 24.1. The minimum Gasteiger partial charge on any atom is -0.478 e. The van der Waals surface area contributed by atoms with Gasteiger partial charge in [-0.05, 0) is 40.0 Å². The summed E-state index contributed by atoms with van der Waals surface area (Å²) in [5.41, 5.74) is 0.642. The molecular weight excluding hydrogens is 424 g/mol. The quantitative estimate of drug-likeness (QED) is 0.174. The fraction of sp³-hybridized carbons (Fsp3) is 0.538. The Hall–Kier alpha value is -2.48. The second-order valence-electron chi connectivity index (χ2n) is 9.18. The monoisotopic (exact) mass is 458 g/mol. The van der Waals surface area contributed by atoms with Gasteiger partial charge in [-0.25, -0.2) is 9.59 Å². The van der Waals surface area contributed by atoms with Crippen LogP contribution in [0.3, 0.4) is 0 Å². The molecule has 3 rings (SSSR count). The van der Waals surface area contributed by atoms with Gasteiger partial charge in [0.25, 0.3) is 0 Å². The smallest absolute Gasteiger partial charge is 0.331 e. The van der Waals surface area contributed by atoms with Crippen LogP contribution in [0.4, 0.5) is 0 Å². The molecule has 2 saturated heterocycles. The maximum absolute atomic E-state index is 12.4. The first-order valence-electron chi connectivity index (χ1n) is 11.3. The van der Waals surface area contributed by atoms with Gasteiger partial charge < -0.3 is 24.1 Å². The topological polar surface area (TPSA) is 97.9 Å². The maximum atomic E-state index is 12.4. The van der Waals surface area contributed by atoms with E-state index >= 15 is 0 Å². The largest absolute Gasteiger partial charge is 0.478 e. The molecule has 7 nitrogen and oxygen atoms in total. The average molecular weight is 459 g/mol. The van der Waals surface area contributed by atoms with E-state index in [4.69, 9.17) is 24.1 Å². The van der Waals surface area contributed by atoms with Gasteiger partial charge >= 0.3 is 11.9 Å². The van der Waals surface area contributed by atoms with Crippen LogP contribution in [0.15, 0.2) is 60.3 Å². The Labute approximate surface area is 195 Å². The molecule has 0 bridgehead atoms. The highest BCUT2D eigenvalue weighted by Crippen LogP contribution is 2.59. The molecule has 0 unspecified atom stereocenters. The second-order valence-corrected chi connectivity index (χ2v) is 9.18. The van der Waals surface area contributed by atoms with Crippen molar-refractivity contribution in [3.05, 3.63) is 60.3 Å². The molecule has 3 fully saturated rings. The number of esters is 1. The van der Waals surface area contributed by atoms with Crippen LogP contribution < -0.4 is 0 Å². The standard InChI is InChI=1S/C26H34O7/c1-18(2)13-14-20-25(3,33-20)24-23(30-4)19(15-16-26(24)17-31-26)32-22(29)12-10-8-6-5-7-9-11-21(27)28/h5-13,19-20,23-24H,14-17H2,1-4H3,(H,27,28)/b7-5+,8-6+,11-9+,12-10+/t19-,20+,23-,24+,25-,26+/m1/s1. The summed E-state index contributed by atoms with van der Waals surface area (Å²) in [5.74, 6) is -1.45. The Morgan fingerprint density at radius 3 is 2.30 bits per heavy atom. The Morgan fingerprint density at radius 2 is 1.73 bits per heavy atom. The van der Waals surface area contributed by atoms with Crippen molar-refractivity contribution < 1.29 is 33.6 Å². The van der Waals surface area contributed by atoms with Gasteiger partial charge in [-0.15, -0.1) is 0 Å². The highest BCUT2D eigenvalue weighted by molar-refractivity contribution is 5.82. The number of rotatable bonds is 10. The number of hydrogen-bond donors (Lipinski definition) is 1. The Kier molecular flexibility index (Phi) is 8.10. The highest BCUT2D eigenvalue weighted by atomic mass is 16.6. The van der Waals surface area contributed by atoms with Crippen molar-refractivity contribution in [1.29, 1.82) is 0 Å². The molecule has 0 aromatic carbocycles. The molecule has 7 heteroatoms. The van der Waals surface area contributed by atoms with E-state index in [9.17, 15) is 9.59 Å². The fourth-order valence-electron chi connectivity index (χ4n) is 4.79. The summed E-state index contributed by atoms with van der Waals surface area (Å²) in [6, 6.07) is 0. The summed E-state index contributed by atoms with van der Waals surface area (Å²) >= 11 is 0. The van der Waals surface area contributed by atoms with Gasteiger partial charge in [0.05, 0.1) is 18.6 Å². The summed E-state index contributed by atoms with van der Waals surface area (Å²) in [6.45, 7) is 6.96. The Balaban J connectivity index is 1.59. The highest BCUT2D eigenvalue weighted by Gasteiger charge is 2.72. The van der Waals surface area contributed by atoms with Crippen molar-refractivity contribution in [2.45, 2.75) is 69.5 Å². The first-order valence-corrected chi connectivity index (χ1v) is 11.3. The molecule has 3 aliphatic rings. The molecule has 1 aliphatic carbocycles. The van der Waals surface area contributed by atoms with Gasteiger partial charge in [-0.2, -0.15) is 0 Å². The Morgan fingerprint density at radius 1 is 1.09 bits per heavy atom. The summed E-state index contributed by atoms with van der Waals surface area (Å²) in [7, 11) is 1.65. The zero-order valence-electron chi connectivity index (χ0n) is 19.7. The fourth-order valence-corrected chi connectivity index (χ4v) is 4.79. The molecule has 2 aliphatic heterocycles. The lowest BCUT2D eigenvalue weighted by atomic mass is 9.68. The van der Waals surface area contributed by atoms with Gasteiger partial charge in [0.2, 0.25) is 0 Å². The number of ether oxygens (including phenoxy) is 4. The van der Waals surface area contributed by atoms with E-state index in [2.05, 4.69) is 26.8 Å². The molecular formula is C26H34O7. The second kappa shape index (κ2) is 10.6. The first-order chi connectivity index (χ1) is 15.7. The van der Waals surface area contributed by atoms with E-state index in [0.29, 0.717) is 13.0 Å². The van der Waals surface area contributed by atoms with Crippen LogP contribution >= 0.6 is 0 Å². The van der Waals surface area contributed by atoms with Gasteiger partial charge in [0, 0.05) is 19.3 Å². The van der Waals surface area contributed by atoms with Gasteiger partial charge in [-0.1, -0.05) is 48.1 Å². The summed E-state index contributed by atoms with van der Waals surface area (Å²) in [4.78, 5) is 22.8. The van der Waals surface area contributed by atoms with E-state index in [1.165, 1.54) is 17.7 Å². The third-order valence-electron chi connectivity index (χ3n) is 6.53. The van der Waals surface area contributed by atoms with E-state index in [1.54, 1.807) is 37.5 Å². The van der Waals surface area contributed by atoms with Gasteiger partial charge in [-0.3, -0.25) is 0 Å². The van der Waals surface area contributed by atoms with Crippen molar-refractivity contribution in [3.63, 3.8) is 0 Å². The molecule has 180 valence electrons. The molecule has 0 aromatic heterocycles. The minimum absolute atomic E-state index is 0.00928. The normalized spacial score (nSPS) is 35.6. The van der Waals surface area contributed by atoms with E-state index in [1.807, 2.05) is 0 Å². The minimum atomic E-state index is -1.00. The number of aliphatic carboxylic acids is 1. The van der Waals surface area contributed by atoms with E-state index in [0.717, 1.165) is 18.9 Å². The lowest BCUT2D eigenvalue weighted by molar-refractivity contribution is -0.166. The lowest BCUT2D eigenvalue weighted by Gasteiger charge is -2.42. The third kappa shape index (κ3) is 6.31. The molecule has 0 aromatic rings. The molecule has 6 atom stereocenters. The number of carbonyl (C=O) groups excluding carboxylic acids is 1. The predicted octanol–water partition coefficient (Wildman–Crippen LogP) is 3.92. The number of carbonyl (C=O) groups is 2. The summed E-state index contributed by atoms with van der Waals surface area (Å²) < 4.78 is 23.8. The van der Waals surface area contributed by atoms with Crippen LogP contribution in [0.5, 0.6) is 0 Å². The molecule has 2 heterocycles. The van der Waals surface area contributed by atoms with Crippen LogP contribution in [-0.4, -0.2) is 60.3 Å². The summed E-state index contributed by atoms with van der Waals surface area (Å²) in [5, 5.41) is 8.51. The molecule has 0 radical (unpaired) electrons. The number of allylic oxidation sites excluding steroid dienone is 7. The van der Waals surface area contributed by atoms with E-state index in [-0.39, 0.29) is 35.4 Å². The predicted molar refractivity (Wildman–Crippen MR) is 124 cm³/mol. The van der Waals surface area contributed by atoms with Crippen LogP contribution in [0.2, 0.25) is 0 Å². The number of hydrogen-bond acceptors (Lipinski definition) is 6. The average Bonchev–Trinajstić information content (AvgIpc) is 3.67. The van der Waals surface area contributed by atoms with Crippen molar-refractivity contribution >= 4 is 11.9 Å². The van der Waals surface area contributed by atoms with Crippen LogP contribution in [0.1, 0.15) is 40.0 Å². The molecule has 1 N–H and O–H groups in total. The molecule has 0 amide bonds.